The van der Waals surface area contributed by atoms with Gasteiger partial charge in [0, 0.05) is 0 Å². The summed E-state index contributed by atoms with van der Waals surface area (Å²) in [6.45, 7) is 0.680. The number of aromatic nitrogens is 2. The average molecular weight is 796 g/mol. The van der Waals surface area contributed by atoms with Crippen LogP contribution in [0.15, 0.2) is 206 Å². The first-order valence-electron chi connectivity index (χ1n) is 19.3. The van der Waals surface area contributed by atoms with Crippen molar-refractivity contribution in [3.63, 3.8) is 0 Å². The summed E-state index contributed by atoms with van der Waals surface area (Å²) in [5, 5.41) is 4.97. The van der Waals surface area contributed by atoms with E-state index < -0.39 is 0 Å². The molecule has 0 amide bonds. The van der Waals surface area contributed by atoms with Crippen molar-refractivity contribution in [2.75, 3.05) is 16.5 Å². The van der Waals surface area contributed by atoms with Gasteiger partial charge < -0.3 is 0 Å². The second-order valence-corrected chi connectivity index (χ2v) is 16.8. The summed E-state index contributed by atoms with van der Waals surface area (Å²) >= 11 is 0.0710. The quantitative estimate of drug-likeness (QED) is 0.150. The molecule has 4 nitrogen and oxygen atoms in total. The van der Waals surface area contributed by atoms with Gasteiger partial charge in [-0.25, -0.2) is 0 Å². The Kier molecular flexibility index (Phi) is 8.20. The summed E-state index contributed by atoms with van der Waals surface area (Å²) in [6, 6.07) is 72.7. The Bertz CT molecular complexity index is 3030. The molecule has 270 valence electrons. The van der Waals surface area contributed by atoms with Crippen molar-refractivity contribution < 1.29 is 0 Å². The van der Waals surface area contributed by atoms with Crippen LogP contribution in [0, 0.1) is 0 Å². The number of rotatable bonds is 7. The molecule has 0 unspecified atom stereocenters. The summed E-state index contributed by atoms with van der Waals surface area (Å²) in [5.41, 5.74) is 12.0. The topological polar surface area (TPSA) is 24.3 Å². The Morgan fingerprint density at radius 3 is 1.88 bits per heavy atom. The van der Waals surface area contributed by atoms with Crippen LogP contribution in [0.2, 0.25) is 0 Å². The van der Waals surface area contributed by atoms with Gasteiger partial charge in [-0.05, 0) is 0 Å². The summed E-state index contributed by atoms with van der Waals surface area (Å²) in [6.07, 6.45) is 1.87. The van der Waals surface area contributed by atoms with Crippen LogP contribution in [0.25, 0.3) is 60.6 Å². The van der Waals surface area contributed by atoms with Crippen molar-refractivity contribution in [3.05, 3.63) is 206 Å². The fourth-order valence-corrected chi connectivity index (χ4v) is 10.5. The van der Waals surface area contributed by atoms with Gasteiger partial charge in [0.25, 0.3) is 0 Å². The van der Waals surface area contributed by atoms with Crippen molar-refractivity contribution in [2.24, 2.45) is 0 Å². The van der Waals surface area contributed by atoms with Crippen molar-refractivity contribution in [3.8, 4) is 28.1 Å². The molecule has 57 heavy (non-hydrogen) atoms. The minimum absolute atomic E-state index is 0.0710. The van der Waals surface area contributed by atoms with Crippen molar-refractivity contribution in [2.45, 2.75) is 0 Å². The van der Waals surface area contributed by atoms with Crippen LogP contribution >= 0.6 is 0 Å². The molecule has 0 aliphatic carbocycles. The van der Waals surface area contributed by atoms with E-state index in [0.29, 0.717) is 6.67 Å². The standard InChI is InChI=1S/C52H36N4Se/c1-3-15-36(16-4-1)42-24-14-25-43(37-17-5-2-6-18-37)51(42)55-35-54(48-31-28-38-19-7-8-22-44(38)52(48)55)39-20-13-21-40(33-39)57-41-29-30-46-45-23-9-10-26-47(45)56(49(46)34-41)50-27-11-12-32-53-50/h1-34H,35H2. The Morgan fingerprint density at radius 1 is 0.439 bits per heavy atom. The molecule has 5 heteroatoms. The number of pyridine rings is 1. The zero-order valence-electron chi connectivity index (χ0n) is 31.0. The predicted molar refractivity (Wildman–Crippen MR) is 240 cm³/mol. The SMILES string of the molecule is c1ccc(-c2cccc(-c3ccccc3)c2N2CN(c3cccc([Se]c4ccc5c6ccccc6n(-c6ccccn6)c5c4)c3)c3ccc4ccccc4c32)cc1. The van der Waals surface area contributed by atoms with Crippen LogP contribution in [0.1, 0.15) is 0 Å². The molecule has 1 aliphatic rings. The number of para-hydroxylation sites is 2. The van der Waals surface area contributed by atoms with Crippen LogP contribution in [0.5, 0.6) is 0 Å². The molecule has 0 spiro atoms. The number of nitrogens with zero attached hydrogens (tertiary/aromatic N) is 4. The van der Waals surface area contributed by atoms with Crippen molar-refractivity contribution in [1.29, 1.82) is 0 Å². The van der Waals surface area contributed by atoms with E-state index in [1.54, 1.807) is 0 Å². The zero-order chi connectivity index (χ0) is 37.7. The molecule has 10 aromatic rings. The van der Waals surface area contributed by atoms with E-state index in [0.717, 1.165) is 5.82 Å². The van der Waals surface area contributed by atoms with Crippen LogP contribution < -0.4 is 18.7 Å². The number of anilines is 4. The molecule has 0 atom stereocenters. The summed E-state index contributed by atoms with van der Waals surface area (Å²) < 4.78 is 4.96. The first kappa shape index (κ1) is 33.4. The molecule has 2 aromatic heterocycles. The van der Waals surface area contributed by atoms with Crippen molar-refractivity contribution in [1.82, 2.24) is 9.55 Å². The summed E-state index contributed by atoms with van der Waals surface area (Å²) in [5.74, 6) is 0.935. The zero-order valence-corrected chi connectivity index (χ0v) is 32.7. The maximum atomic E-state index is 4.76. The molecular weight excluding hydrogens is 760 g/mol. The van der Waals surface area contributed by atoms with Gasteiger partial charge in [-0.3, -0.25) is 0 Å². The molecule has 3 heterocycles. The fraction of sp³-hybridized carbons (Fsp3) is 0.0192. The summed E-state index contributed by atoms with van der Waals surface area (Å²) in [7, 11) is 0. The van der Waals surface area contributed by atoms with Crippen LogP contribution in [-0.4, -0.2) is 31.2 Å². The van der Waals surface area contributed by atoms with E-state index in [4.69, 9.17) is 4.98 Å². The fourth-order valence-electron chi connectivity index (χ4n) is 8.57. The van der Waals surface area contributed by atoms with Gasteiger partial charge >= 0.3 is 340 Å². The molecule has 0 bridgehead atoms. The Labute approximate surface area is 338 Å². The second-order valence-electron chi connectivity index (χ2n) is 14.4. The number of fused-ring (bicyclic) bond motifs is 6. The van der Waals surface area contributed by atoms with Gasteiger partial charge in [0.2, 0.25) is 0 Å². The van der Waals surface area contributed by atoms with E-state index >= 15 is 0 Å². The molecule has 8 aromatic carbocycles. The second kappa shape index (κ2) is 14.0. The Hall–Kier alpha value is -6.91. The van der Waals surface area contributed by atoms with E-state index in [1.807, 2.05) is 12.3 Å². The Balaban J connectivity index is 1.03. The third-order valence-electron chi connectivity index (χ3n) is 11.1. The number of benzene rings is 8. The van der Waals surface area contributed by atoms with Crippen molar-refractivity contribution >= 4 is 79.2 Å². The molecule has 0 radical (unpaired) electrons. The molecular formula is C52H36N4Se. The van der Waals surface area contributed by atoms with Gasteiger partial charge in [0.1, 0.15) is 0 Å². The molecule has 0 fully saturated rings. The van der Waals surface area contributed by atoms with Crippen LogP contribution in [0.3, 0.4) is 0 Å². The van der Waals surface area contributed by atoms with E-state index in [2.05, 4.69) is 208 Å². The molecule has 11 rings (SSSR count). The van der Waals surface area contributed by atoms with Gasteiger partial charge in [-0.1, -0.05) is 0 Å². The maximum absolute atomic E-state index is 4.76. The van der Waals surface area contributed by atoms with Gasteiger partial charge in [0.15, 0.2) is 0 Å². The first-order valence-corrected chi connectivity index (χ1v) is 21.0. The monoisotopic (exact) mass is 796 g/mol. The normalized spacial score (nSPS) is 12.5. The molecule has 0 saturated carbocycles. The number of hydrogen-bond donors (Lipinski definition) is 0. The van der Waals surface area contributed by atoms with Gasteiger partial charge in [0.05, 0.1) is 0 Å². The van der Waals surface area contributed by atoms with Gasteiger partial charge in [-0.15, -0.1) is 0 Å². The average Bonchev–Trinajstić information content (AvgIpc) is 3.83. The van der Waals surface area contributed by atoms with Crippen LogP contribution in [-0.2, 0) is 0 Å². The number of hydrogen-bond acceptors (Lipinski definition) is 3. The molecule has 1 aliphatic heterocycles. The van der Waals surface area contributed by atoms with E-state index in [-0.39, 0.29) is 15.0 Å². The minimum atomic E-state index is 0.0710. The van der Waals surface area contributed by atoms with E-state index in [9.17, 15) is 0 Å². The third-order valence-corrected chi connectivity index (χ3v) is 13.1. The summed E-state index contributed by atoms with van der Waals surface area (Å²) in [4.78, 5) is 9.82. The van der Waals surface area contributed by atoms with Crippen LogP contribution in [0.4, 0.5) is 22.7 Å². The third kappa shape index (κ3) is 5.79. The predicted octanol–water partition coefficient (Wildman–Crippen LogP) is 11.6. The molecule has 0 N–H and O–H groups in total. The first-order chi connectivity index (χ1) is 28.3. The van der Waals surface area contributed by atoms with E-state index in [1.165, 1.54) is 86.5 Å². The van der Waals surface area contributed by atoms with Gasteiger partial charge in [-0.2, -0.15) is 0 Å². The Morgan fingerprint density at radius 2 is 1.11 bits per heavy atom. The molecule has 0 saturated heterocycles.